The Labute approximate surface area is 137 Å². The number of carbonyl (C=O) groups excluding carboxylic acids is 1. The predicted molar refractivity (Wildman–Crippen MR) is 88.7 cm³/mol. The van der Waals surface area contributed by atoms with Gasteiger partial charge in [0.25, 0.3) is 0 Å². The molecule has 0 saturated carbocycles. The highest BCUT2D eigenvalue weighted by Gasteiger charge is 2.29. The summed E-state index contributed by atoms with van der Waals surface area (Å²) in [5.74, 6) is -0.171. The fourth-order valence-electron chi connectivity index (χ4n) is 2.05. The number of nitrogens with zero attached hydrogens (tertiary/aromatic N) is 3. The molecule has 1 unspecified atom stereocenters. The molecule has 1 N–H and O–H groups in total. The molecule has 2 heterocycles. The van der Waals surface area contributed by atoms with E-state index < -0.39 is 4.92 Å². The summed E-state index contributed by atoms with van der Waals surface area (Å²) < 4.78 is 4.92. The van der Waals surface area contributed by atoms with E-state index >= 15 is 0 Å². The van der Waals surface area contributed by atoms with Crippen LogP contribution in [0.1, 0.15) is 44.8 Å². The van der Waals surface area contributed by atoms with E-state index in [9.17, 15) is 14.9 Å². The first-order valence-electron chi connectivity index (χ1n) is 7.43. The van der Waals surface area contributed by atoms with Crippen molar-refractivity contribution in [1.82, 2.24) is 5.32 Å². The van der Waals surface area contributed by atoms with Crippen molar-refractivity contribution in [2.75, 3.05) is 0 Å². The van der Waals surface area contributed by atoms with Crippen LogP contribution in [0.25, 0.3) is 0 Å². The summed E-state index contributed by atoms with van der Waals surface area (Å²) >= 11 is 1.36. The molecule has 1 aromatic rings. The van der Waals surface area contributed by atoms with Gasteiger partial charge in [0.1, 0.15) is 4.92 Å². The van der Waals surface area contributed by atoms with Gasteiger partial charge in [-0.2, -0.15) is 5.10 Å². The third-order valence-electron chi connectivity index (χ3n) is 3.22. The molecule has 0 aromatic carbocycles. The topological polar surface area (TPSA) is 110 Å². The van der Waals surface area contributed by atoms with E-state index in [2.05, 4.69) is 22.4 Å². The van der Waals surface area contributed by atoms with Gasteiger partial charge in [-0.05, 0) is 12.5 Å². The van der Waals surface area contributed by atoms with Crippen LogP contribution >= 0.6 is 11.8 Å². The smallest absolute Gasteiger partial charge is 0.400 e. The molecule has 9 heteroatoms. The molecule has 1 atom stereocenters. The molecule has 1 aliphatic heterocycles. The quantitative estimate of drug-likeness (QED) is 0.339. The minimum absolute atomic E-state index is 0.0471. The van der Waals surface area contributed by atoms with Crippen LogP contribution in [0.5, 0.6) is 0 Å². The number of nitrogens with one attached hydrogen (secondary N) is 1. The second-order valence-electron chi connectivity index (χ2n) is 5.03. The second kappa shape index (κ2) is 8.47. The Kier molecular flexibility index (Phi) is 6.33. The monoisotopic (exact) mass is 338 g/mol. The average molecular weight is 338 g/mol. The number of hydrogen-bond acceptors (Lipinski definition) is 7. The van der Waals surface area contributed by atoms with Gasteiger partial charge < -0.3 is 9.73 Å². The number of unbranched alkanes of at least 4 members (excludes halogenated alkanes) is 3. The fraction of sp³-hybridized carbons (Fsp3) is 0.500. The molecule has 0 spiro atoms. The summed E-state index contributed by atoms with van der Waals surface area (Å²) in [4.78, 5) is 21.7. The molecule has 0 radical (unpaired) electrons. The van der Waals surface area contributed by atoms with E-state index in [1.165, 1.54) is 36.5 Å². The van der Waals surface area contributed by atoms with Crippen molar-refractivity contribution >= 4 is 34.9 Å². The maximum Gasteiger partial charge on any atom is 0.433 e. The van der Waals surface area contributed by atoms with Gasteiger partial charge in [0, 0.05) is 0 Å². The van der Waals surface area contributed by atoms with Gasteiger partial charge in [-0.1, -0.05) is 44.4 Å². The lowest BCUT2D eigenvalue weighted by Crippen LogP contribution is -2.24. The summed E-state index contributed by atoms with van der Waals surface area (Å²) in [7, 11) is 0. The Hall–Kier alpha value is -2.16. The number of hydrogen-bond donors (Lipinski definition) is 1. The van der Waals surface area contributed by atoms with Gasteiger partial charge in [0.15, 0.2) is 10.9 Å². The van der Waals surface area contributed by atoms with Crippen molar-refractivity contribution in [2.45, 2.75) is 44.3 Å². The molecular formula is C14H18N4O4S. The van der Waals surface area contributed by atoms with Gasteiger partial charge in [-0.15, -0.1) is 5.10 Å². The molecule has 2 rings (SSSR count). The Balaban J connectivity index is 1.84. The lowest BCUT2D eigenvalue weighted by atomic mass is 10.1. The zero-order valence-corrected chi connectivity index (χ0v) is 13.5. The van der Waals surface area contributed by atoms with Crippen LogP contribution in [0.4, 0.5) is 5.88 Å². The third kappa shape index (κ3) is 5.20. The van der Waals surface area contributed by atoms with E-state index in [1.54, 1.807) is 0 Å². The average Bonchev–Trinajstić information content (AvgIpc) is 3.11. The molecule has 8 nitrogen and oxygen atoms in total. The lowest BCUT2D eigenvalue weighted by Gasteiger charge is -2.03. The first-order valence-corrected chi connectivity index (χ1v) is 8.31. The number of amidine groups is 1. The summed E-state index contributed by atoms with van der Waals surface area (Å²) in [5.41, 5.74) is 0. The van der Waals surface area contributed by atoms with E-state index in [-0.39, 0.29) is 22.8 Å². The molecule has 1 saturated heterocycles. The van der Waals surface area contributed by atoms with Crippen molar-refractivity contribution in [3.63, 3.8) is 0 Å². The number of furan rings is 1. The molecule has 0 bridgehead atoms. The Bertz CT molecular complexity index is 626. The molecular weight excluding hydrogens is 320 g/mol. The highest BCUT2D eigenvalue weighted by atomic mass is 32.2. The van der Waals surface area contributed by atoms with E-state index in [0.29, 0.717) is 5.17 Å². The van der Waals surface area contributed by atoms with Crippen molar-refractivity contribution in [1.29, 1.82) is 0 Å². The van der Waals surface area contributed by atoms with Crippen molar-refractivity contribution in [2.24, 2.45) is 10.2 Å². The standard InChI is InChI=1S/C14H18N4O4S/c1-2-3-4-5-6-11-13(19)16-14(23-11)17-15-9-10-7-8-12(22-10)18(20)21/h7-9,11H,2-6H2,1H3,(H,16,17,19)/b15-9+. The zero-order valence-electron chi connectivity index (χ0n) is 12.7. The van der Waals surface area contributed by atoms with Crippen LogP contribution in [0.3, 0.4) is 0 Å². The van der Waals surface area contributed by atoms with Gasteiger partial charge in [0.05, 0.1) is 17.5 Å². The number of carbonyl (C=O) groups is 1. The van der Waals surface area contributed by atoms with Crippen LogP contribution < -0.4 is 5.32 Å². The number of rotatable bonds is 8. The first kappa shape index (κ1) is 17.2. The van der Waals surface area contributed by atoms with E-state index in [4.69, 9.17) is 4.42 Å². The number of nitro groups is 1. The maximum absolute atomic E-state index is 11.8. The first-order chi connectivity index (χ1) is 11.1. The van der Waals surface area contributed by atoms with Crippen molar-refractivity contribution in [3.05, 3.63) is 28.0 Å². The summed E-state index contributed by atoms with van der Waals surface area (Å²) in [6, 6.07) is 2.67. The predicted octanol–water partition coefficient (Wildman–Crippen LogP) is 3.08. The Morgan fingerprint density at radius 3 is 2.96 bits per heavy atom. The number of amides is 1. The zero-order chi connectivity index (χ0) is 16.7. The highest BCUT2D eigenvalue weighted by molar-refractivity contribution is 8.15. The molecule has 0 aliphatic carbocycles. The third-order valence-corrected chi connectivity index (χ3v) is 4.36. The van der Waals surface area contributed by atoms with E-state index in [1.807, 2.05) is 0 Å². The molecule has 1 fully saturated rings. The maximum atomic E-state index is 11.8. The van der Waals surface area contributed by atoms with Gasteiger partial charge >= 0.3 is 5.88 Å². The number of thioether (sulfide) groups is 1. The van der Waals surface area contributed by atoms with Gasteiger partial charge in [-0.25, -0.2) is 0 Å². The lowest BCUT2D eigenvalue weighted by molar-refractivity contribution is -0.402. The van der Waals surface area contributed by atoms with Crippen LogP contribution in [-0.4, -0.2) is 27.5 Å². The minimum atomic E-state index is -0.626. The normalized spacial score (nSPS) is 19.6. The van der Waals surface area contributed by atoms with Gasteiger partial charge in [0.2, 0.25) is 5.91 Å². The highest BCUT2D eigenvalue weighted by Crippen LogP contribution is 2.24. The Morgan fingerprint density at radius 1 is 1.43 bits per heavy atom. The van der Waals surface area contributed by atoms with Crippen molar-refractivity contribution < 1.29 is 14.1 Å². The Morgan fingerprint density at radius 2 is 2.26 bits per heavy atom. The van der Waals surface area contributed by atoms with Crippen LogP contribution in [0.2, 0.25) is 0 Å². The molecule has 1 amide bonds. The van der Waals surface area contributed by atoms with Crippen molar-refractivity contribution in [3.8, 4) is 0 Å². The largest absolute Gasteiger partial charge is 0.433 e. The SMILES string of the molecule is CCCCCCC1S/C(=N/N=C/c2ccc([N+](=O)[O-])o2)NC1=O. The molecule has 1 aliphatic rings. The second-order valence-corrected chi connectivity index (χ2v) is 6.22. The summed E-state index contributed by atoms with van der Waals surface area (Å²) in [6.45, 7) is 2.15. The summed E-state index contributed by atoms with van der Waals surface area (Å²) in [5, 5.41) is 21.2. The van der Waals surface area contributed by atoms with Crippen LogP contribution in [0.15, 0.2) is 26.8 Å². The summed E-state index contributed by atoms with van der Waals surface area (Å²) in [6.07, 6.45) is 6.58. The van der Waals surface area contributed by atoms with Crippen LogP contribution in [0, 0.1) is 10.1 Å². The molecule has 124 valence electrons. The molecule has 1 aromatic heterocycles. The minimum Gasteiger partial charge on any atom is -0.400 e. The fourth-order valence-corrected chi connectivity index (χ4v) is 3.02. The van der Waals surface area contributed by atoms with E-state index in [0.717, 1.165) is 25.7 Å². The molecule has 23 heavy (non-hydrogen) atoms. The van der Waals surface area contributed by atoms with Gasteiger partial charge in [-0.3, -0.25) is 14.9 Å². The van der Waals surface area contributed by atoms with Crippen LogP contribution in [-0.2, 0) is 4.79 Å².